The zero-order valence-electron chi connectivity index (χ0n) is 9.96. The molecule has 0 rings (SSSR count). The maximum Gasteiger partial charge on any atom is 0.309 e. The van der Waals surface area contributed by atoms with Crippen molar-refractivity contribution in [1.82, 2.24) is 15.5 Å². The fraction of sp³-hybridized carbons (Fsp3) is 0.800. The molecular formula is C10H21N3O2. The molecule has 5 heteroatoms. The van der Waals surface area contributed by atoms with E-state index >= 15 is 0 Å². The van der Waals surface area contributed by atoms with E-state index in [9.17, 15) is 9.59 Å². The predicted octanol–water partition coefficient (Wildman–Crippen LogP) is -0.421. The van der Waals surface area contributed by atoms with Gasteiger partial charge in [-0.1, -0.05) is 0 Å². The molecule has 0 heterocycles. The van der Waals surface area contributed by atoms with Crippen LogP contribution in [0.5, 0.6) is 0 Å². The Labute approximate surface area is 91.2 Å². The lowest BCUT2D eigenvalue weighted by Crippen LogP contribution is -2.43. The first kappa shape index (κ1) is 13.9. The molecule has 0 aliphatic heterocycles. The van der Waals surface area contributed by atoms with Gasteiger partial charge in [0.1, 0.15) is 0 Å². The van der Waals surface area contributed by atoms with Gasteiger partial charge in [-0.15, -0.1) is 0 Å². The third-order valence-corrected chi connectivity index (χ3v) is 1.69. The van der Waals surface area contributed by atoms with Crippen LogP contribution in [0.15, 0.2) is 0 Å². The summed E-state index contributed by atoms with van der Waals surface area (Å²) in [5.74, 6) is -1.11. The van der Waals surface area contributed by atoms with E-state index in [-0.39, 0.29) is 6.04 Å². The van der Waals surface area contributed by atoms with Gasteiger partial charge in [-0.3, -0.25) is 9.59 Å². The Morgan fingerprint density at radius 3 is 2.27 bits per heavy atom. The molecule has 0 fully saturated rings. The Hall–Kier alpha value is -1.10. The highest BCUT2D eigenvalue weighted by Gasteiger charge is 2.12. The van der Waals surface area contributed by atoms with Gasteiger partial charge < -0.3 is 15.5 Å². The van der Waals surface area contributed by atoms with Gasteiger partial charge in [0.05, 0.1) is 0 Å². The molecule has 0 radical (unpaired) electrons. The van der Waals surface area contributed by atoms with Crippen LogP contribution in [0.4, 0.5) is 0 Å². The van der Waals surface area contributed by atoms with Crippen molar-refractivity contribution >= 4 is 11.8 Å². The van der Waals surface area contributed by atoms with Crippen LogP contribution in [0.3, 0.4) is 0 Å². The predicted molar refractivity (Wildman–Crippen MR) is 59.5 cm³/mol. The van der Waals surface area contributed by atoms with E-state index in [2.05, 4.69) is 10.6 Å². The van der Waals surface area contributed by atoms with Crippen LogP contribution in [0.25, 0.3) is 0 Å². The number of hydrogen-bond donors (Lipinski definition) is 2. The fourth-order valence-corrected chi connectivity index (χ4v) is 1.01. The number of carbonyl (C=O) groups is 2. The lowest BCUT2D eigenvalue weighted by Gasteiger charge is -2.10. The molecule has 88 valence electrons. The van der Waals surface area contributed by atoms with Crippen molar-refractivity contribution < 1.29 is 9.59 Å². The maximum absolute atomic E-state index is 11.2. The van der Waals surface area contributed by atoms with Gasteiger partial charge in [0.2, 0.25) is 0 Å². The van der Waals surface area contributed by atoms with Crippen molar-refractivity contribution in [3.05, 3.63) is 0 Å². The molecular weight excluding hydrogens is 194 g/mol. The normalized spacial score (nSPS) is 10.5. The van der Waals surface area contributed by atoms with E-state index in [1.807, 2.05) is 32.8 Å². The summed E-state index contributed by atoms with van der Waals surface area (Å²) >= 11 is 0. The van der Waals surface area contributed by atoms with Crippen molar-refractivity contribution in [3.63, 3.8) is 0 Å². The average molecular weight is 215 g/mol. The van der Waals surface area contributed by atoms with E-state index in [0.717, 1.165) is 13.0 Å². The molecule has 0 aromatic carbocycles. The molecule has 0 spiro atoms. The van der Waals surface area contributed by atoms with E-state index in [1.165, 1.54) is 0 Å². The number of hydrogen-bond acceptors (Lipinski definition) is 3. The summed E-state index contributed by atoms with van der Waals surface area (Å²) in [6.07, 6.45) is 0.841. The molecule has 15 heavy (non-hydrogen) atoms. The molecule has 2 N–H and O–H groups in total. The second-order valence-electron chi connectivity index (χ2n) is 4.04. The SMILES string of the molecule is CC(C)NC(=O)C(=O)NCCCN(C)C. The lowest BCUT2D eigenvalue weighted by atomic mass is 10.3. The minimum Gasteiger partial charge on any atom is -0.348 e. The Kier molecular flexibility index (Phi) is 6.70. The first-order chi connectivity index (χ1) is 6.93. The quantitative estimate of drug-likeness (QED) is 0.483. The third kappa shape index (κ3) is 7.93. The topological polar surface area (TPSA) is 61.4 Å². The fourth-order valence-electron chi connectivity index (χ4n) is 1.01. The van der Waals surface area contributed by atoms with Gasteiger partial charge in [0.25, 0.3) is 0 Å². The van der Waals surface area contributed by atoms with Gasteiger partial charge >= 0.3 is 11.8 Å². The number of nitrogens with one attached hydrogen (secondary N) is 2. The summed E-state index contributed by atoms with van der Waals surface area (Å²) in [5.41, 5.74) is 0. The molecule has 0 saturated heterocycles. The van der Waals surface area contributed by atoms with Crippen LogP contribution in [0.2, 0.25) is 0 Å². The van der Waals surface area contributed by atoms with Crippen LogP contribution in [-0.2, 0) is 9.59 Å². The van der Waals surface area contributed by atoms with Crippen LogP contribution in [-0.4, -0.2) is 49.9 Å². The molecule has 2 amide bonds. The van der Waals surface area contributed by atoms with Crippen LogP contribution < -0.4 is 10.6 Å². The average Bonchev–Trinajstić information content (AvgIpc) is 2.10. The molecule has 0 unspecified atom stereocenters. The smallest absolute Gasteiger partial charge is 0.309 e. The Morgan fingerprint density at radius 1 is 1.20 bits per heavy atom. The number of carbonyl (C=O) groups excluding carboxylic acids is 2. The number of rotatable bonds is 5. The second kappa shape index (κ2) is 7.23. The van der Waals surface area contributed by atoms with Gasteiger partial charge in [-0.25, -0.2) is 0 Å². The minimum atomic E-state index is -0.560. The van der Waals surface area contributed by atoms with E-state index < -0.39 is 11.8 Å². The molecule has 0 aliphatic rings. The van der Waals surface area contributed by atoms with Gasteiger partial charge in [-0.05, 0) is 40.9 Å². The minimum absolute atomic E-state index is 0.00924. The summed E-state index contributed by atoms with van der Waals surface area (Å²) in [6, 6.07) is -0.00924. The Bertz CT molecular complexity index is 215. The van der Waals surface area contributed by atoms with E-state index in [4.69, 9.17) is 0 Å². The third-order valence-electron chi connectivity index (χ3n) is 1.69. The zero-order valence-corrected chi connectivity index (χ0v) is 9.96. The summed E-state index contributed by atoms with van der Waals surface area (Å²) in [4.78, 5) is 24.4. The van der Waals surface area contributed by atoms with Crippen molar-refractivity contribution in [3.8, 4) is 0 Å². The van der Waals surface area contributed by atoms with Gasteiger partial charge in [-0.2, -0.15) is 0 Å². The van der Waals surface area contributed by atoms with E-state index in [0.29, 0.717) is 6.54 Å². The van der Waals surface area contributed by atoms with Crippen LogP contribution in [0.1, 0.15) is 20.3 Å². The molecule has 0 atom stereocenters. The highest BCUT2D eigenvalue weighted by atomic mass is 16.2. The van der Waals surface area contributed by atoms with Crippen molar-refractivity contribution in [2.45, 2.75) is 26.3 Å². The lowest BCUT2D eigenvalue weighted by molar-refractivity contribution is -0.139. The maximum atomic E-state index is 11.2. The molecule has 0 saturated carbocycles. The van der Waals surface area contributed by atoms with Crippen LogP contribution >= 0.6 is 0 Å². The zero-order chi connectivity index (χ0) is 11.8. The largest absolute Gasteiger partial charge is 0.348 e. The summed E-state index contributed by atoms with van der Waals surface area (Å²) in [6.45, 7) is 5.06. The highest BCUT2D eigenvalue weighted by molar-refractivity contribution is 6.35. The molecule has 0 aromatic heterocycles. The molecule has 0 aliphatic carbocycles. The Morgan fingerprint density at radius 2 is 1.80 bits per heavy atom. The standard InChI is InChI=1S/C10H21N3O2/c1-8(2)12-10(15)9(14)11-6-5-7-13(3)4/h8H,5-7H2,1-4H3,(H,11,14)(H,12,15). The van der Waals surface area contributed by atoms with Gasteiger partial charge in [0.15, 0.2) is 0 Å². The van der Waals surface area contributed by atoms with Crippen molar-refractivity contribution in [2.24, 2.45) is 0 Å². The first-order valence-corrected chi connectivity index (χ1v) is 5.17. The highest BCUT2D eigenvalue weighted by Crippen LogP contribution is 1.82. The van der Waals surface area contributed by atoms with Crippen molar-refractivity contribution in [1.29, 1.82) is 0 Å². The molecule has 5 nitrogen and oxygen atoms in total. The first-order valence-electron chi connectivity index (χ1n) is 5.17. The second-order valence-corrected chi connectivity index (χ2v) is 4.04. The van der Waals surface area contributed by atoms with Gasteiger partial charge in [0, 0.05) is 12.6 Å². The summed E-state index contributed by atoms with van der Waals surface area (Å²) < 4.78 is 0. The summed E-state index contributed by atoms with van der Waals surface area (Å²) in [5, 5.41) is 5.10. The Balaban J connectivity index is 3.61. The van der Waals surface area contributed by atoms with E-state index in [1.54, 1.807) is 0 Å². The molecule has 0 bridgehead atoms. The van der Waals surface area contributed by atoms with Crippen LogP contribution in [0, 0.1) is 0 Å². The van der Waals surface area contributed by atoms with Crippen molar-refractivity contribution in [2.75, 3.05) is 27.2 Å². The molecule has 0 aromatic rings. The number of nitrogens with zero attached hydrogens (tertiary/aromatic N) is 1. The summed E-state index contributed by atoms with van der Waals surface area (Å²) in [7, 11) is 3.93. The monoisotopic (exact) mass is 215 g/mol. The number of amides is 2.